The Morgan fingerprint density at radius 3 is 2.67 bits per heavy atom. The third kappa shape index (κ3) is 2.53. The van der Waals surface area contributed by atoms with Crippen molar-refractivity contribution >= 4 is 28.3 Å². The van der Waals surface area contributed by atoms with Gasteiger partial charge in [-0.2, -0.15) is 5.10 Å². The summed E-state index contributed by atoms with van der Waals surface area (Å²) in [5.41, 5.74) is 0.603. The van der Waals surface area contributed by atoms with Gasteiger partial charge in [-0.25, -0.2) is 9.07 Å². The Hall–Kier alpha value is -2.12. The first kappa shape index (κ1) is 15.4. The van der Waals surface area contributed by atoms with Crippen LogP contribution in [0.1, 0.15) is 13.8 Å². The van der Waals surface area contributed by atoms with E-state index in [1.54, 1.807) is 18.3 Å². The molecule has 8 heteroatoms. The average molecular weight is 351 g/mol. The molecule has 0 saturated carbocycles. The number of fused-ring (bicyclic) bond motifs is 1. The summed E-state index contributed by atoms with van der Waals surface area (Å²) in [6.45, 7) is 5.21. The minimum atomic E-state index is -0.425. The molecule has 3 aromatic rings. The van der Waals surface area contributed by atoms with E-state index in [0.717, 1.165) is 0 Å². The summed E-state index contributed by atoms with van der Waals surface area (Å²) in [5, 5.41) is 9.04. The van der Waals surface area contributed by atoms with Crippen LogP contribution in [-0.4, -0.2) is 40.2 Å². The number of halogens is 2. The lowest BCUT2D eigenvalue weighted by Crippen LogP contribution is -2.45. The Labute approximate surface area is 142 Å². The average Bonchev–Trinajstić information content (AvgIpc) is 3.13. The highest BCUT2D eigenvalue weighted by molar-refractivity contribution is 6.30. The molecule has 0 aliphatic carbocycles. The van der Waals surface area contributed by atoms with Crippen molar-refractivity contribution in [3.05, 3.63) is 35.4 Å². The van der Waals surface area contributed by atoms with Gasteiger partial charge in [0.25, 0.3) is 0 Å². The van der Waals surface area contributed by atoms with Crippen molar-refractivity contribution in [3.63, 3.8) is 0 Å². The van der Waals surface area contributed by atoms with Gasteiger partial charge in [0.05, 0.1) is 40.7 Å². The second-order valence-corrected chi connectivity index (χ2v) is 6.48. The van der Waals surface area contributed by atoms with Crippen molar-refractivity contribution < 1.29 is 13.7 Å². The van der Waals surface area contributed by atoms with Crippen LogP contribution in [0.15, 0.2) is 29.0 Å². The minimum absolute atomic E-state index is 0.0420. The van der Waals surface area contributed by atoms with Gasteiger partial charge in [-0.3, -0.25) is 0 Å². The fourth-order valence-corrected chi connectivity index (χ4v) is 3.29. The van der Waals surface area contributed by atoms with E-state index < -0.39 is 5.82 Å². The monoisotopic (exact) mass is 350 g/mol. The Balaban J connectivity index is 1.76. The van der Waals surface area contributed by atoms with Crippen LogP contribution in [0.4, 0.5) is 10.1 Å². The predicted octanol–water partition coefficient (Wildman–Crippen LogP) is 3.42. The molecule has 0 spiro atoms. The molecular weight excluding hydrogens is 335 g/mol. The van der Waals surface area contributed by atoms with Gasteiger partial charge >= 0.3 is 0 Å². The second kappa shape index (κ2) is 5.75. The van der Waals surface area contributed by atoms with E-state index >= 15 is 0 Å². The number of hydrogen-bond acceptors (Lipinski definition) is 5. The fraction of sp³-hybridized carbons (Fsp3) is 0.375. The number of aromatic nitrogens is 3. The van der Waals surface area contributed by atoms with Crippen LogP contribution >= 0.6 is 11.6 Å². The predicted molar refractivity (Wildman–Crippen MR) is 88.3 cm³/mol. The molecule has 1 aliphatic rings. The van der Waals surface area contributed by atoms with Gasteiger partial charge in [-0.15, -0.1) is 0 Å². The van der Waals surface area contributed by atoms with Crippen molar-refractivity contribution in [2.45, 2.75) is 26.1 Å². The number of nitrogens with zero attached hydrogens (tertiary/aromatic N) is 4. The van der Waals surface area contributed by atoms with Gasteiger partial charge in [0.2, 0.25) is 11.4 Å². The second-order valence-electron chi connectivity index (χ2n) is 6.05. The summed E-state index contributed by atoms with van der Waals surface area (Å²) in [4.78, 5) is 1.97. The van der Waals surface area contributed by atoms with Crippen molar-refractivity contribution in [1.29, 1.82) is 0 Å². The van der Waals surface area contributed by atoms with Crippen LogP contribution in [0, 0.1) is 5.82 Å². The normalized spacial score (nSPS) is 21.6. The zero-order chi connectivity index (χ0) is 16.8. The zero-order valence-electron chi connectivity index (χ0n) is 13.2. The third-order valence-electron chi connectivity index (χ3n) is 4.07. The van der Waals surface area contributed by atoms with Gasteiger partial charge < -0.3 is 14.2 Å². The van der Waals surface area contributed by atoms with Crippen LogP contribution < -0.4 is 4.90 Å². The SMILES string of the molecule is C[C@@H]1CN(c2ccc3c(-n4cc(Cl)cn4)noc3c2F)C[C@H](C)O1. The van der Waals surface area contributed by atoms with E-state index in [-0.39, 0.29) is 17.8 Å². The summed E-state index contributed by atoms with van der Waals surface area (Å²) in [5.74, 6) is -0.0168. The lowest BCUT2D eigenvalue weighted by molar-refractivity contribution is -0.00538. The first-order valence-corrected chi connectivity index (χ1v) is 8.09. The molecule has 0 amide bonds. The number of hydrogen-bond donors (Lipinski definition) is 0. The number of morpholine rings is 1. The molecule has 2 atom stereocenters. The molecule has 4 rings (SSSR count). The van der Waals surface area contributed by atoms with Crippen LogP contribution in [0.3, 0.4) is 0 Å². The fourth-order valence-electron chi connectivity index (χ4n) is 3.15. The maximum atomic E-state index is 15.0. The van der Waals surface area contributed by atoms with E-state index in [2.05, 4.69) is 10.3 Å². The molecule has 2 aromatic heterocycles. The molecule has 3 heterocycles. The molecule has 0 N–H and O–H groups in total. The highest BCUT2D eigenvalue weighted by Gasteiger charge is 2.26. The third-order valence-corrected chi connectivity index (χ3v) is 4.26. The van der Waals surface area contributed by atoms with Crippen molar-refractivity contribution in [3.8, 4) is 5.82 Å². The Bertz CT molecular complexity index is 883. The molecule has 1 aromatic carbocycles. The lowest BCUT2D eigenvalue weighted by Gasteiger charge is -2.36. The number of benzene rings is 1. The van der Waals surface area contributed by atoms with Crippen LogP contribution in [-0.2, 0) is 4.74 Å². The van der Waals surface area contributed by atoms with Crippen molar-refractivity contribution in [2.75, 3.05) is 18.0 Å². The van der Waals surface area contributed by atoms with Gasteiger partial charge in [0.1, 0.15) is 0 Å². The molecule has 0 unspecified atom stereocenters. The number of ether oxygens (including phenoxy) is 1. The van der Waals surface area contributed by atoms with E-state index in [4.69, 9.17) is 20.9 Å². The van der Waals surface area contributed by atoms with E-state index in [1.165, 1.54) is 10.9 Å². The van der Waals surface area contributed by atoms with E-state index in [9.17, 15) is 4.39 Å². The summed E-state index contributed by atoms with van der Waals surface area (Å²) in [7, 11) is 0. The first-order chi connectivity index (χ1) is 11.5. The summed E-state index contributed by atoms with van der Waals surface area (Å²) < 4.78 is 27.4. The summed E-state index contributed by atoms with van der Waals surface area (Å²) in [6.07, 6.45) is 3.17. The molecule has 24 heavy (non-hydrogen) atoms. The van der Waals surface area contributed by atoms with E-state index in [1.807, 2.05) is 18.7 Å². The highest BCUT2D eigenvalue weighted by atomic mass is 35.5. The lowest BCUT2D eigenvalue weighted by atomic mass is 10.1. The zero-order valence-corrected chi connectivity index (χ0v) is 14.0. The first-order valence-electron chi connectivity index (χ1n) is 7.71. The molecular formula is C16H16ClFN4O2. The topological polar surface area (TPSA) is 56.3 Å². The minimum Gasteiger partial charge on any atom is -0.372 e. The van der Waals surface area contributed by atoms with Gasteiger partial charge in [-0.05, 0) is 26.0 Å². The van der Waals surface area contributed by atoms with Crippen LogP contribution in [0.2, 0.25) is 5.02 Å². The van der Waals surface area contributed by atoms with Gasteiger partial charge in [0, 0.05) is 13.1 Å². The number of anilines is 1. The Morgan fingerprint density at radius 1 is 1.25 bits per heavy atom. The molecule has 0 bridgehead atoms. The smallest absolute Gasteiger partial charge is 0.206 e. The Kier molecular flexibility index (Phi) is 3.69. The number of rotatable bonds is 2. The summed E-state index contributed by atoms with van der Waals surface area (Å²) in [6, 6.07) is 3.54. The highest BCUT2D eigenvalue weighted by Crippen LogP contribution is 2.32. The molecule has 126 valence electrons. The standard InChI is InChI=1S/C16H16ClFN4O2/c1-9-6-21(7-10(2)23-9)13-4-3-12-15(14(13)18)24-20-16(12)22-8-11(17)5-19-22/h3-5,8-10H,6-7H2,1-2H3/t9-,10+. The molecule has 0 radical (unpaired) electrons. The van der Waals surface area contributed by atoms with Crippen LogP contribution in [0.5, 0.6) is 0 Å². The molecule has 1 aliphatic heterocycles. The van der Waals surface area contributed by atoms with Crippen molar-refractivity contribution in [1.82, 2.24) is 14.9 Å². The van der Waals surface area contributed by atoms with E-state index in [0.29, 0.717) is 35.0 Å². The van der Waals surface area contributed by atoms with Gasteiger partial charge in [-0.1, -0.05) is 16.8 Å². The molecule has 1 saturated heterocycles. The maximum absolute atomic E-state index is 15.0. The van der Waals surface area contributed by atoms with Crippen molar-refractivity contribution in [2.24, 2.45) is 0 Å². The van der Waals surface area contributed by atoms with Gasteiger partial charge in [0.15, 0.2) is 5.82 Å². The largest absolute Gasteiger partial charge is 0.372 e. The maximum Gasteiger partial charge on any atom is 0.206 e. The quantitative estimate of drug-likeness (QED) is 0.708. The molecule has 1 fully saturated rings. The Morgan fingerprint density at radius 2 is 2.00 bits per heavy atom. The van der Waals surface area contributed by atoms with Crippen LogP contribution in [0.25, 0.3) is 16.8 Å². The molecule has 6 nitrogen and oxygen atoms in total. The summed E-state index contributed by atoms with van der Waals surface area (Å²) >= 11 is 5.88.